The van der Waals surface area contributed by atoms with Gasteiger partial charge >= 0.3 is 11.9 Å². The minimum atomic E-state index is -4.64. The van der Waals surface area contributed by atoms with Gasteiger partial charge in [-0.2, -0.15) is 0 Å². The van der Waals surface area contributed by atoms with E-state index in [1.807, 2.05) is 27.2 Å². The summed E-state index contributed by atoms with van der Waals surface area (Å²) in [6.07, 6.45) is 42.2. The number of hydrogen-bond acceptors (Lipinski definition) is 8. The molecule has 0 radical (unpaired) electrons. The largest absolute Gasteiger partial charge is 0.756 e. The van der Waals surface area contributed by atoms with Crippen LogP contribution in [-0.2, 0) is 32.7 Å². The zero-order chi connectivity index (χ0) is 39.3. The van der Waals surface area contributed by atoms with Crippen molar-refractivity contribution >= 4 is 19.8 Å². The molecule has 0 amide bonds. The van der Waals surface area contributed by atoms with Gasteiger partial charge in [0.1, 0.15) is 19.8 Å². The van der Waals surface area contributed by atoms with E-state index in [1.165, 1.54) is 19.3 Å². The molecule has 0 fully saturated rings. The average Bonchev–Trinajstić information content (AvgIpc) is 3.10. The number of phosphoric ester groups is 1. The van der Waals surface area contributed by atoms with E-state index in [0.29, 0.717) is 30.3 Å². The lowest BCUT2D eigenvalue weighted by molar-refractivity contribution is -0.870. The monoisotopic (exact) mass is 764 g/mol. The second-order valence-corrected chi connectivity index (χ2v) is 15.7. The summed E-state index contributed by atoms with van der Waals surface area (Å²) in [5, 5.41) is 0. The first-order valence-electron chi connectivity index (χ1n) is 20.1. The van der Waals surface area contributed by atoms with Crippen molar-refractivity contribution in [3.8, 4) is 0 Å². The molecule has 0 aliphatic heterocycles. The third kappa shape index (κ3) is 39.0. The number of unbranched alkanes of at least 4 members (excludes halogenated alkanes) is 9. The minimum absolute atomic E-state index is 0.0464. The highest BCUT2D eigenvalue weighted by Crippen LogP contribution is 2.38. The molecule has 9 nitrogen and oxygen atoms in total. The first-order chi connectivity index (χ1) is 25.5. The molecule has 304 valence electrons. The standard InChI is InChI=1S/C43H74NO8P/c1-6-8-10-12-14-16-18-20-21-22-23-24-26-28-30-32-34-36-43(46)52-41(40-51-53(47,48)50-38-37-44(3,4)5)39-49-42(45)35-33-31-29-27-25-19-17-15-13-11-9-7-2/h8,10,14-17,20-21,23-24,28,30,41H,6-7,9,11-13,18-19,22,25-27,29,31-40H2,1-5H3/b10-8-,16-14-,17-15-,21-20-,24-23-,30-28-. The van der Waals surface area contributed by atoms with Crippen LogP contribution in [0.3, 0.4) is 0 Å². The number of carbonyl (C=O) groups excluding carboxylic acids is 2. The Hall–Kier alpha value is -2.55. The lowest BCUT2D eigenvalue weighted by Crippen LogP contribution is -2.37. The normalized spacial score (nSPS) is 14.5. The molecule has 2 unspecified atom stereocenters. The van der Waals surface area contributed by atoms with E-state index in [4.69, 9.17) is 18.5 Å². The molecule has 0 heterocycles. The molecule has 10 heteroatoms. The number of nitrogens with zero attached hydrogens (tertiary/aromatic N) is 1. The van der Waals surface area contributed by atoms with Crippen LogP contribution < -0.4 is 4.89 Å². The summed E-state index contributed by atoms with van der Waals surface area (Å²) in [5.74, 6) is -0.923. The van der Waals surface area contributed by atoms with Crippen molar-refractivity contribution in [2.45, 2.75) is 142 Å². The highest BCUT2D eigenvalue weighted by molar-refractivity contribution is 7.45. The van der Waals surface area contributed by atoms with Crippen LogP contribution in [0.4, 0.5) is 0 Å². The molecule has 0 aliphatic carbocycles. The van der Waals surface area contributed by atoms with Gasteiger partial charge in [-0.05, 0) is 77.0 Å². The van der Waals surface area contributed by atoms with Gasteiger partial charge in [-0.1, -0.05) is 119 Å². The van der Waals surface area contributed by atoms with Gasteiger partial charge in [0.25, 0.3) is 7.82 Å². The molecular weight excluding hydrogens is 689 g/mol. The zero-order valence-electron chi connectivity index (χ0n) is 33.9. The number of ether oxygens (including phenoxy) is 2. The molecule has 0 aromatic heterocycles. The lowest BCUT2D eigenvalue weighted by Gasteiger charge is -2.28. The fourth-order valence-corrected chi connectivity index (χ4v) is 5.53. The molecule has 0 bridgehead atoms. The molecular formula is C43H74NO8P. The Morgan fingerprint density at radius 1 is 0.604 bits per heavy atom. The molecule has 0 spiro atoms. The predicted molar refractivity (Wildman–Crippen MR) is 217 cm³/mol. The Morgan fingerprint density at radius 2 is 1.09 bits per heavy atom. The lowest BCUT2D eigenvalue weighted by atomic mass is 10.1. The van der Waals surface area contributed by atoms with Crippen molar-refractivity contribution < 1.29 is 42.1 Å². The van der Waals surface area contributed by atoms with Gasteiger partial charge in [-0.15, -0.1) is 0 Å². The van der Waals surface area contributed by atoms with E-state index in [9.17, 15) is 19.0 Å². The topological polar surface area (TPSA) is 111 Å². The molecule has 0 rings (SSSR count). The second-order valence-electron chi connectivity index (χ2n) is 14.3. The molecule has 2 atom stereocenters. The second kappa shape index (κ2) is 35.2. The van der Waals surface area contributed by atoms with Crippen LogP contribution in [0.1, 0.15) is 136 Å². The van der Waals surface area contributed by atoms with Crippen molar-refractivity contribution in [1.29, 1.82) is 0 Å². The highest BCUT2D eigenvalue weighted by atomic mass is 31.2. The van der Waals surface area contributed by atoms with E-state index < -0.39 is 32.5 Å². The van der Waals surface area contributed by atoms with Crippen LogP contribution in [0.2, 0.25) is 0 Å². The van der Waals surface area contributed by atoms with E-state index in [2.05, 4.69) is 80.7 Å². The number of hydrogen-bond donors (Lipinski definition) is 0. The van der Waals surface area contributed by atoms with Gasteiger partial charge in [0.2, 0.25) is 0 Å². The molecule has 0 saturated carbocycles. The fourth-order valence-electron chi connectivity index (χ4n) is 4.80. The maximum atomic E-state index is 12.6. The number of allylic oxidation sites excluding steroid dienone is 12. The van der Waals surface area contributed by atoms with Gasteiger partial charge in [0.05, 0.1) is 27.7 Å². The van der Waals surface area contributed by atoms with Crippen molar-refractivity contribution in [2.75, 3.05) is 47.5 Å². The Balaban J connectivity index is 4.55. The van der Waals surface area contributed by atoms with Crippen LogP contribution in [0.5, 0.6) is 0 Å². The maximum Gasteiger partial charge on any atom is 0.306 e. The summed E-state index contributed by atoms with van der Waals surface area (Å²) in [6, 6.07) is 0. The zero-order valence-corrected chi connectivity index (χ0v) is 34.8. The van der Waals surface area contributed by atoms with Crippen molar-refractivity contribution in [3.63, 3.8) is 0 Å². The smallest absolute Gasteiger partial charge is 0.306 e. The predicted octanol–water partition coefficient (Wildman–Crippen LogP) is 10.4. The Labute approximate surface area is 323 Å². The van der Waals surface area contributed by atoms with Crippen LogP contribution >= 0.6 is 7.82 Å². The molecule has 0 aliphatic rings. The van der Waals surface area contributed by atoms with Crippen LogP contribution in [0.25, 0.3) is 0 Å². The van der Waals surface area contributed by atoms with E-state index in [0.717, 1.165) is 70.6 Å². The van der Waals surface area contributed by atoms with Gasteiger partial charge in [-0.25, -0.2) is 0 Å². The van der Waals surface area contributed by atoms with E-state index >= 15 is 0 Å². The SMILES string of the molecule is CC/C=C\C/C=C\C/C=C\C/C=C\C/C=C\CCCC(=O)OC(COC(=O)CCCCCCC/C=C\CCCCC)COP(=O)([O-])OCC[N+](C)(C)C. The maximum absolute atomic E-state index is 12.6. The van der Waals surface area contributed by atoms with Crippen LogP contribution in [-0.4, -0.2) is 70.0 Å². The number of likely N-dealkylation sites (N-methyl/N-ethyl adjacent to an activating group) is 1. The van der Waals surface area contributed by atoms with Crippen molar-refractivity contribution in [1.82, 2.24) is 0 Å². The fraction of sp³-hybridized carbons (Fsp3) is 0.674. The Bertz CT molecular complexity index is 1140. The summed E-state index contributed by atoms with van der Waals surface area (Å²) >= 11 is 0. The number of phosphoric acid groups is 1. The summed E-state index contributed by atoms with van der Waals surface area (Å²) < 4.78 is 33.7. The van der Waals surface area contributed by atoms with Gasteiger partial charge < -0.3 is 27.9 Å². The summed E-state index contributed by atoms with van der Waals surface area (Å²) in [4.78, 5) is 37.4. The molecule has 53 heavy (non-hydrogen) atoms. The molecule has 0 N–H and O–H groups in total. The Morgan fingerprint density at radius 3 is 1.68 bits per heavy atom. The first kappa shape index (κ1) is 50.5. The quantitative estimate of drug-likeness (QED) is 0.0206. The Kier molecular flexibility index (Phi) is 33.5. The van der Waals surface area contributed by atoms with Crippen molar-refractivity contribution in [2.24, 2.45) is 0 Å². The summed E-state index contributed by atoms with van der Waals surface area (Å²) in [7, 11) is 1.11. The van der Waals surface area contributed by atoms with E-state index in [1.54, 1.807) is 0 Å². The number of rotatable bonds is 35. The van der Waals surface area contributed by atoms with Crippen molar-refractivity contribution in [3.05, 3.63) is 72.9 Å². The van der Waals surface area contributed by atoms with E-state index in [-0.39, 0.29) is 26.1 Å². The number of quaternary nitrogens is 1. The first-order valence-corrected chi connectivity index (χ1v) is 21.6. The minimum Gasteiger partial charge on any atom is -0.756 e. The number of esters is 2. The summed E-state index contributed by atoms with van der Waals surface area (Å²) in [5.41, 5.74) is 0. The molecule has 0 saturated heterocycles. The third-order valence-electron chi connectivity index (χ3n) is 7.96. The van der Waals surface area contributed by atoms with Crippen LogP contribution in [0.15, 0.2) is 72.9 Å². The molecule has 0 aromatic rings. The van der Waals surface area contributed by atoms with Gasteiger partial charge in [0.15, 0.2) is 6.10 Å². The van der Waals surface area contributed by atoms with Crippen LogP contribution in [0, 0.1) is 0 Å². The number of carbonyl (C=O) groups is 2. The average molecular weight is 764 g/mol. The summed E-state index contributed by atoms with van der Waals surface area (Å²) in [6.45, 7) is 3.98. The highest BCUT2D eigenvalue weighted by Gasteiger charge is 2.21. The van der Waals surface area contributed by atoms with Gasteiger partial charge in [-0.3, -0.25) is 14.2 Å². The third-order valence-corrected chi connectivity index (χ3v) is 8.92. The molecule has 0 aromatic carbocycles. The van der Waals surface area contributed by atoms with Gasteiger partial charge in [0, 0.05) is 12.8 Å².